The van der Waals surface area contributed by atoms with Gasteiger partial charge in [0.05, 0.1) is 23.3 Å². The van der Waals surface area contributed by atoms with Crippen molar-refractivity contribution in [1.29, 1.82) is 10.5 Å². The van der Waals surface area contributed by atoms with Crippen molar-refractivity contribution in [3.8, 4) is 67.8 Å². The van der Waals surface area contributed by atoms with E-state index in [0.29, 0.717) is 11.1 Å². The first-order valence-electron chi connectivity index (χ1n) is 14.0. The van der Waals surface area contributed by atoms with E-state index in [9.17, 15) is 10.5 Å². The molecule has 0 N–H and O–H groups in total. The van der Waals surface area contributed by atoms with Crippen molar-refractivity contribution < 1.29 is 0 Å². The first-order valence-corrected chi connectivity index (χ1v) is 14.0. The molecule has 192 valence electrons. The zero-order chi connectivity index (χ0) is 28.2. The van der Waals surface area contributed by atoms with Crippen LogP contribution in [0.3, 0.4) is 0 Å². The monoisotopic (exact) mass is 530 g/mol. The third kappa shape index (κ3) is 3.43. The molecular formula is C40H22N2. The van der Waals surface area contributed by atoms with E-state index in [-0.39, 0.29) is 0 Å². The summed E-state index contributed by atoms with van der Waals surface area (Å²) < 4.78 is 0. The van der Waals surface area contributed by atoms with Gasteiger partial charge in [-0.05, 0) is 95.4 Å². The summed E-state index contributed by atoms with van der Waals surface area (Å²) in [6.07, 6.45) is 0. The molecular weight excluding hydrogens is 508 g/mol. The van der Waals surface area contributed by atoms with Gasteiger partial charge in [-0.15, -0.1) is 0 Å². The molecule has 0 spiro atoms. The first-order chi connectivity index (χ1) is 20.8. The zero-order valence-corrected chi connectivity index (χ0v) is 22.6. The average molecular weight is 531 g/mol. The van der Waals surface area contributed by atoms with E-state index < -0.39 is 0 Å². The molecule has 2 nitrogen and oxygen atoms in total. The van der Waals surface area contributed by atoms with Crippen LogP contribution in [0.2, 0.25) is 0 Å². The lowest BCUT2D eigenvalue weighted by atomic mass is 9.82. The molecule has 0 amide bonds. The maximum atomic E-state index is 9.67. The fourth-order valence-electron chi connectivity index (χ4n) is 6.77. The summed E-state index contributed by atoms with van der Waals surface area (Å²) in [4.78, 5) is 0. The van der Waals surface area contributed by atoms with Gasteiger partial charge in [0.2, 0.25) is 0 Å². The van der Waals surface area contributed by atoms with Crippen LogP contribution in [0.1, 0.15) is 11.1 Å². The maximum Gasteiger partial charge on any atom is 0.0992 e. The van der Waals surface area contributed by atoms with Gasteiger partial charge in [0.25, 0.3) is 0 Å². The number of rotatable bonds is 3. The van der Waals surface area contributed by atoms with Crippen LogP contribution in [-0.4, -0.2) is 0 Å². The number of hydrogen-bond donors (Lipinski definition) is 0. The van der Waals surface area contributed by atoms with E-state index in [4.69, 9.17) is 0 Å². The van der Waals surface area contributed by atoms with Gasteiger partial charge in [-0.2, -0.15) is 10.5 Å². The summed E-state index contributed by atoms with van der Waals surface area (Å²) in [5, 5.41) is 24.1. The predicted molar refractivity (Wildman–Crippen MR) is 172 cm³/mol. The molecule has 0 heterocycles. The molecule has 0 saturated heterocycles. The van der Waals surface area contributed by atoms with E-state index >= 15 is 0 Å². The molecule has 0 bridgehead atoms. The van der Waals surface area contributed by atoms with Crippen LogP contribution in [0, 0.1) is 22.7 Å². The Morgan fingerprint density at radius 1 is 0.357 bits per heavy atom. The van der Waals surface area contributed by atoms with Gasteiger partial charge in [-0.1, -0.05) is 115 Å². The SMILES string of the molecule is N#Cc1cc(C#N)cc(-c2ccc3c4c(cccc24)-c2c-3c(-c3ccccc3)c3ccccc3c2-c2ccccc2)c1. The van der Waals surface area contributed by atoms with Gasteiger partial charge in [-0.3, -0.25) is 0 Å². The Kier molecular flexibility index (Phi) is 5.29. The van der Waals surface area contributed by atoms with Crippen molar-refractivity contribution >= 4 is 21.5 Å². The van der Waals surface area contributed by atoms with E-state index in [1.165, 1.54) is 60.7 Å². The number of nitrogens with zero attached hydrogens (tertiary/aromatic N) is 2. The largest absolute Gasteiger partial charge is 0.192 e. The third-order valence-corrected chi connectivity index (χ3v) is 8.42. The van der Waals surface area contributed by atoms with E-state index in [1.807, 2.05) is 12.1 Å². The summed E-state index contributed by atoms with van der Waals surface area (Å²) >= 11 is 0. The lowest BCUT2D eigenvalue weighted by molar-refractivity contribution is 1.45. The summed E-state index contributed by atoms with van der Waals surface area (Å²) in [7, 11) is 0. The van der Waals surface area contributed by atoms with Gasteiger partial charge < -0.3 is 0 Å². The minimum absolute atomic E-state index is 0.486. The highest BCUT2D eigenvalue weighted by Gasteiger charge is 2.31. The van der Waals surface area contributed by atoms with Crippen molar-refractivity contribution in [2.45, 2.75) is 0 Å². The molecule has 8 rings (SSSR count). The normalized spacial score (nSPS) is 11.3. The van der Waals surface area contributed by atoms with Crippen LogP contribution < -0.4 is 0 Å². The van der Waals surface area contributed by atoms with Gasteiger partial charge in [0.15, 0.2) is 0 Å². The summed E-state index contributed by atoms with van der Waals surface area (Å²) in [6, 6.07) is 50.9. The highest BCUT2D eigenvalue weighted by atomic mass is 14.3. The van der Waals surface area contributed by atoms with Crippen LogP contribution in [0.25, 0.3) is 77.2 Å². The van der Waals surface area contributed by atoms with Gasteiger partial charge >= 0.3 is 0 Å². The first kappa shape index (κ1) is 23.9. The quantitative estimate of drug-likeness (QED) is 0.228. The molecule has 2 heteroatoms. The van der Waals surface area contributed by atoms with E-state index in [2.05, 4.69) is 127 Å². The molecule has 0 atom stereocenters. The van der Waals surface area contributed by atoms with Crippen molar-refractivity contribution in [2.24, 2.45) is 0 Å². The van der Waals surface area contributed by atoms with Crippen LogP contribution in [0.4, 0.5) is 0 Å². The van der Waals surface area contributed by atoms with Crippen molar-refractivity contribution in [2.75, 3.05) is 0 Å². The molecule has 7 aromatic carbocycles. The molecule has 1 aliphatic rings. The lowest BCUT2D eigenvalue weighted by Gasteiger charge is -2.20. The highest BCUT2D eigenvalue weighted by molar-refractivity contribution is 6.28. The second kappa shape index (κ2) is 9.31. The van der Waals surface area contributed by atoms with Crippen LogP contribution in [-0.2, 0) is 0 Å². The minimum Gasteiger partial charge on any atom is -0.192 e. The summed E-state index contributed by atoms with van der Waals surface area (Å²) in [5.74, 6) is 0. The molecule has 0 fully saturated rings. The molecule has 42 heavy (non-hydrogen) atoms. The number of hydrogen-bond acceptors (Lipinski definition) is 2. The van der Waals surface area contributed by atoms with E-state index in [0.717, 1.165) is 16.5 Å². The average Bonchev–Trinajstić information content (AvgIpc) is 3.39. The number of benzene rings is 7. The van der Waals surface area contributed by atoms with Crippen molar-refractivity contribution in [1.82, 2.24) is 0 Å². The Hall–Kier alpha value is -5.96. The zero-order valence-electron chi connectivity index (χ0n) is 22.6. The van der Waals surface area contributed by atoms with Crippen LogP contribution >= 0.6 is 0 Å². The molecule has 7 aromatic rings. The summed E-state index contributed by atoms with van der Waals surface area (Å²) in [5.41, 5.74) is 12.6. The summed E-state index contributed by atoms with van der Waals surface area (Å²) in [6.45, 7) is 0. The Morgan fingerprint density at radius 3 is 1.38 bits per heavy atom. The van der Waals surface area contributed by atoms with Crippen molar-refractivity contribution in [3.05, 3.63) is 145 Å². The molecule has 1 aliphatic carbocycles. The highest BCUT2D eigenvalue weighted by Crippen LogP contribution is 2.58. The maximum absolute atomic E-state index is 9.67. The fraction of sp³-hybridized carbons (Fsp3) is 0. The fourth-order valence-corrected chi connectivity index (χ4v) is 6.77. The Labute approximate surface area is 244 Å². The molecule has 0 radical (unpaired) electrons. The minimum atomic E-state index is 0.486. The second-order valence-electron chi connectivity index (χ2n) is 10.7. The Balaban J connectivity index is 1.55. The smallest absolute Gasteiger partial charge is 0.0992 e. The number of nitriles is 2. The van der Waals surface area contributed by atoms with Gasteiger partial charge in [0.1, 0.15) is 0 Å². The Morgan fingerprint density at radius 2 is 0.833 bits per heavy atom. The standard InChI is InChI=1S/C40H22N2/c41-23-25-20-26(24-42)22-29(21-25)30-18-19-35-38-31(30)16-9-17-34(38)39-36(27-10-3-1-4-11-27)32-14-7-8-15-33(32)37(40(35)39)28-12-5-2-6-13-28/h1-22H. The molecule has 0 unspecified atom stereocenters. The van der Waals surface area contributed by atoms with Gasteiger partial charge in [-0.25, -0.2) is 0 Å². The predicted octanol–water partition coefficient (Wildman–Crippen LogP) is 10.4. The van der Waals surface area contributed by atoms with Crippen molar-refractivity contribution in [3.63, 3.8) is 0 Å². The third-order valence-electron chi connectivity index (χ3n) is 8.42. The van der Waals surface area contributed by atoms with Gasteiger partial charge in [0, 0.05) is 0 Å². The molecule has 0 aliphatic heterocycles. The van der Waals surface area contributed by atoms with E-state index in [1.54, 1.807) is 6.07 Å². The topological polar surface area (TPSA) is 47.6 Å². The van der Waals surface area contributed by atoms with Crippen LogP contribution in [0.15, 0.2) is 133 Å². The van der Waals surface area contributed by atoms with Crippen LogP contribution in [0.5, 0.6) is 0 Å². The number of fused-ring (bicyclic) bond motifs is 4. The second-order valence-corrected chi connectivity index (χ2v) is 10.7. The molecule has 0 saturated carbocycles. The molecule has 0 aromatic heterocycles. The lowest BCUT2D eigenvalue weighted by Crippen LogP contribution is -1.93. The Bertz CT molecular complexity index is 2180.